The van der Waals surface area contributed by atoms with Gasteiger partial charge in [-0.2, -0.15) is 5.26 Å². The van der Waals surface area contributed by atoms with Gasteiger partial charge in [0, 0.05) is 25.5 Å². The fourth-order valence-electron chi connectivity index (χ4n) is 2.98. The normalized spacial score (nSPS) is 10.0. The van der Waals surface area contributed by atoms with Crippen LogP contribution in [0.5, 0.6) is 0 Å². The molecule has 3 N–H and O–H groups in total. The molecule has 1 radical (unpaired) electrons. The number of halogens is 2. The van der Waals surface area contributed by atoms with Crippen molar-refractivity contribution in [2.75, 3.05) is 0 Å². The van der Waals surface area contributed by atoms with E-state index < -0.39 is 20.5 Å². The van der Waals surface area contributed by atoms with Crippen LogP contribution >= 0.6 is 0 Å². The van der Waals surface area contributed by atoms with E-state index in [4.69, 9.17) is 52.5 Å². The molecule has 5 rings (SSSR count). The van der Waals surface area contributed by atoms with Crippen LogP contribution in [0.25, 0.3) is 45.3 Å². The van der Waals surface area contributed by atoms with Crippen molar-refractivity contribution in [3.63, 3.8) is 0 Å². The molecule has 0 spiro atoms. The summed E-state index contributed by atoms with van der Waals surface area (Å²) in [6.45, 7) is 1.43. The SMILES string of the molecule is CC#N.[Co+2].[O-][Cl+3]([O-])([O-])[O-].[O-][Cl+3]([O-])([O-])[O-].[OH3+].c1ccc(-c2cccc(-c3nc(-c4ccccn4)nc4cccnc34)n2)nc1. The third-order valence-corrected chi connectivity index (χ3v) is 4.27. The summed E-state index contributed by atoms with van der Waals surface area (Å²) >= 11 is 0. The second-order valence-electron chi connectivity index (χ2n) is 7.08. The predicted molar refractivity (Wildman–Crippen MR) is 123 cm³/mol. The molecule has 19 heteroatoms. The van der Waals surface area contributed by atoms with Crippen LogP contribution in [0.3, 0.4) is 0 Å². The summed E-state index contributed by atoms with van der Waals surface area (Å²) in [4.78, 5) is 27.4. The number of pyridine rings is 4. The molecular formula is C24H20Cl2CoN7O9+. The summed E-state index contributed by atoms with van der Waals surface area (Å²) in [7, 11) is -9.89. The van der Waals surface area contributed by atoms with E-state index in [0.717, 1.165) is 16.9 Å². The number of fused-ring (bicyclic) bond motifs is 1. The third-order valence-electron chi connectivity index (χ3n) is 4.27. The largest absolute Gasteiger partial charge is 2.00 e. The van der Waals surface area contributed by atoms with Gasteiger partial charge in [-0.1, -0.05) is 18.2 Å². The first-order valence-electron chi connectivity index (χ1n) is 10.8. The Labute approximate surface area is 258 Å². The summed E-state index contributed by atoms with van der Waals surface area (Å²) in [6.07, 6.45) is 5.22. The van der Waals surface area contributed by atoms with E-state index in [9.17, 15) is 0 Å². The molecule has 16 nitrogen and oxygen atoms in total. The first-order chi connectivity index (χ1) is 19.3. The molecule has 0 saturated carbocycles. The first kappa shape index (κ1) is 39.2. The summed E-state index contributed by atoms with van der Waals surface area (Å²) in [6, 6.07) is 22.8. The molecule has 0 saturated heterocycles. The summed E-state index contributed by atoms with van der Waals surface area (Å²) < 4.78 is 67.9. The second kappa shape index (κ2) is 18.6. The minimum atomic E-state index is -4.94. The zero-order valence-electron chi connectivity index (χ0n) is 21.6. The van der Waals surface area contributed by atoms with Crippen molar-refractivity contribution >= 4 is 11.0 Å². The van der Waals surface area contributed by atoms with Crippen LogP contribution in [-0.4, -0.2) is 29.9 Å². The number of aromatic nitrogens is 6. The maximum atomic E-state index is 8.49. The molecule has 43 heavy (non-hydrogen) atoms. The van der Waals surface area contributed by atoms with Crippen LogP contribution in [0.15, 0.2) is 85.3 Å². The quantitative estimate of drug-likeness (QED) is 0.160. The standard InChI is InChI=1S/C22H14N6.C2H3N.2ClHO4.Co.H2O/c1-3-12-23-15(7-1)16-9-5-10-18(26-16)21-20-17(11-6-14-25-20)27-22(28-21)19-8-2-4-13-24-19;1-2-3;2*2-1(3,4)5;;/h1-14H;1H3;2*(H,2,3,4,5);;1H2/q;;;;+2;/p-1. The van der Waals surface area contributed by atoms with Gasteiger partial charge < -0.3 is 5.48 Å². The molecule has 5 aromatic rings. The van der Waals surface area contributed by atoms with E-state index in [0.29, 0.717) is 28.4 Å². The van der Waals surface area contributed by atoms with Crippen LogP contribution in [0, 0.1) is 31.8 Å². The summed E-state index contributed by atoms with van der Waals surface area (Å²) in [5.41, 5.74) is 5.12. The Morgan fingerprint density at radius 1 is 0.581 bits per heavy atom. The van der Waals surface area contributed by atoms with Crippen LogP contribution in [0.4, 0.5) is 0 Å². The van der Waals surface area contributed by atoms with Crippen molar-refractivity contribution in [3.8, 4) is 40.4 Å². The Morgan fingerprint density at radius 2 is 1.05 bits per heavy atom. The van der Waals surface area contributed by atoms with Gasteiger partial charge in [0.05, 0.1) is 28.7 Å². The van der Waals surface area contributed by atoms with Gasteiger partial charge in [0.15, 0.2) is 5.82 Å². The predicted octanol–water partition coefficient (Wildman–Crippen LogP) is -5.70. The van der Waals surface area contributed by atoms with Crippen molar-refractivity contribution < 1.29 is 80.0 Å². The van der Waals surface area contributed by atoms with E-state index in [-0.39, 0.29) is 22.3 Å². The smallest absolute Gasteiger partial charge is 0.457 e. The Kier molecular flexibility index (Phi) is 17.0. The monoisotopic (exact) mass is 679 g/mol. The zero-order chi connectivity index (χ0) is 30.5. The van der Waals surface area contributed by atoms with Gasteiger partial charge in [0.1, 0.15) is 16.9 Å². The number of nitrogens with zero attached hydrogens (tertiary/aromatic N) is 7. The fourth-order valence-corrected chi connectivity index (χ4v) is 2.98. The van der Waals surface area contributed by atoms with Crippen LogP contribution in [0.1, 0.15) is 6.92 Å². The van der Waals surface area contributed by atoms with Crippen molar-refractivity contribution in [2.24, 2.45) is 0 Å². The summed E-state index contributed by atoms with van der Waals surface area (Å²) in [5.74, 6) is 0.543. The average Bonchev–Trinajstić information content (AvgIpc) is 2.92. The number of hydrogen-bond donors (Lipinski definition) is 0. The molecule has 0 aromatic carbocycles. The third kappa shape index (κ3) is 15.3. The van der Waals surface area contributed by atoms with E-state index in [1.54, 1.807) is 24.7 Å². The topological polar surface area (TPSA) is 319 Å². The van der Waals surface area contributed by atoms with Crippen LogP contribution < -0.4 is 37.3 Å². The number of hydrogen-bond acceptors (Lipinski definition) is 15. The van der Waals surface area contributed by atoms with Crippen molar-refractivity contribution in [1.29, 1.82) is 5.26 Å². The van der Waals surface area contributed by atoms with E-state index in [2.05, 4.69) is 19.9 Å². The van der Waals surface area contributed by atoms with E-state index in [1.165, 1.54) is 6.92 Å². The Morgan fingerprint density at radius 3 is 1.56 bits per heavy atom. The van der Waals surface area contributed by atoms with Gasteiger partial charge in [-0.25, -0.2) is 52.2 Å². The van der Waals surface area contributed by atoms with Gasteiger partial charge in [0.25, 0.3) is 0 Å². The molecule has 0 fully saturated rings. The van der Waals surface area contributed by atoms with Crippen LogP contribution in [0.2, 0.25) is 0 Å². The summed E-state index contributed by atoms with van der Waals surface area (Å²) in [5, 5.41) is 7.32. The molecule has 0 aliphatic carbocycles. The minimum Gasteiger partial charge on any atom is -0.457 e. The molecule has 0 atom stereocenters. The fraction of sp³-hybridized carbons (Fsp3) is 0.0417. The van der Waals surface area contributed by atoms with Gasteiger partial charge >= 0.3 is 16.8 Å². The van der Waals surface area contributed by atoms with Gasteiger partial charge in [-0.3, -0.25) is 15.0 Å². The molecular weight excluding hydrogens is 660 g/mol. The Bertz CT molecular complexity index is 1550. The first-order valence-corrected chi connectivity index (χ1v) is 13.2. The average molecular weight is 680 g/mol. The van der Waals surface area contributed by atoms with Gasteiger partial charge in [-0.05, 0) is 48.5 Å². The Hall–Kier alpha value is -3.84. The van der Waals surface area contributed by atoms with Crippen molar-refractivity contribution in [3.05, 3.63) is 85.3 Å². The second-order valence-corrected chi connectivity index (χ2v) is 8.60. The number of rotatable bonds is 3. The molecule has 5 aromatic heterocycles. The zero-order valence-corrected chi connectivity index (χ0v) is 24.2. The van der Waals surface area contributed by atoms with E-state index in [1.807, 2.05) is 66.7 Å². The van der Waals surface area contributed by atoms with Gasteiger partial charge in [0.2, 0.25) is 0 Å². The molecule has 0 unspecified atom stereocenters. The van der Waals surface area contributed by atoms with E-state index >= 15 is 0 Å². The molecule has 0 bridgehead atoms. The maximum absolute atomic E-state index is 8.49. The molecule has 0 aliphatic rings. The molecule has 5 heterocycles. The molecule has 0 aliphatic heterocycles. The number of nitriles is 1. The molecule has 227 valence electrons. The minimum absolute atomic E-state index is 0. The van der Waals surface area contributed by atoms with Gasteiger partial charge in [-0.15, -0.1) is 20.5 Å². The maximum Gasteiger partial charge on any atom is 2.00 e. The molecule has 0 amide bonds. The Balaban J connectivity index is 0.00000101. The van der Waals surface area contributed by atoms with Crippen molar-refractivity contribution in [1.82, 2.24) is 29.9 Å². The van der Waals surface area contributed by atoms with Crippen molar-refractivity contribution in [2.45, 2.75) is 6.92 Å². The van der Waals surface area contributed by atoms with Crippen LogP contribution in [-0.2, 0) is 22.3 Å².